The molecular formula is C19H18ClN3O4S. The van der Waals surface area contributed by atoms with Crippen molar-refractivity contribution < 1.29 is 14.3 Å². The first-order valence-corrected chi connectivity index (χ1v) is 9.92. The van der Waals surface area contributed by atoms with Crippen LogP contribution in [0.5, 0.6) is 11.5 Å². The average Bonchev–Trinajstić information content (AvgIpc) is 3.26. The molecule has 146 valence electrons. The number of aromatic nitrogens is 2. The lowest BCUT2D eigenvalue weighted by Gasteiger charge is -2.13. The second kappa shape index (κ2) is 7.44. The molecule has 2 heterocycles. The summed E-state index contributed by atoms with van der Waals surface area (Å²) in [5, 5.41) is 3.77. The average molecular weight is 420 g/mol. The first kappa shape index (κ1) is 18.8. The number of hydrogen-bond acceptors (Lipinski definition) is 6. The molecule has 2 aromatic heterocycles. The van der Waals surface area contributed by atoms with Crippen LogP contribution >= 0.6 is 22.9 Å². The molecule has 0 unspecified atom stereocenters. The maximum atomic E-state index is 12.9. The largest absolute Gasteiger partial charge is 0.495 e. The zero-order chi connectivity index (χ0) is 19.8. The SMILES string of the molecule is COc1cc(NC(=O)Cn2cnc3sc4c(c3c2=O)CCC4)c(OC)cc1Cl. The molecule has 0 aliphatic heterocycles. The molecule has 1 aromatic carbocycles. The molecule has 1 aliphatic rings. The molecule has 0 spiro atoms. The molecule has 9 heteroatoms. The first-order chi connectivity index (χ1) is 13.5. The molecule has 0 bridgehead atoms. The standard InChI is InChI=1S/C19H18ClN3O4S/c1-26-13-7-12(14(27-2)6-11(13)20)22-16(24)8-23-9-21-18-17(19(23)25)10-4-3-5-15(10)28-18/h6-7,9H,3-5,8H2,1-2H3,(H,22,24). The van der Waals surface area contributed by atoms with Crippen LogP contribution in [-0.2, 0) is 24.2 Å². The van der Waals surface area contributed by atoms with Crippen LogP contribution in [0.4, 0.5) is 5.69 Å². The maximum absolute atomic E-state index is 12.9. The van der Waals surface area contributed by atoms with Crippen LogP contribution in [0.25, 0.3) is 10.2 Å². The Balaban J connectivity index is 1.61. The number of rotatable bonds is 5. The number of carbonyl (C=O) groups is 1. The van der Waals surface area contributed by atoms with Crippen LogP contribution in [0.3, 0.4) is 0 Å². The Morgan fingerprint density at radius 2 is 2.07 bits per heavy atom. The monoisotopic (exact) mass is 419 g/mol. The summed E-state index contributed by atoms with van der Waals surface area (Å²) < 4.78 is 11.8. The summed E-state index contributed by atoms with van der Waals surface area (Å²) in [4.78, 5) is 31.8. The van der Waals surface area contributed by atoms with Crippen molar-refractivity contribution in [1.29, 1.82) is 0 Å². The van der Waals surface area contributed by atoms with Gasteiger partial charge < -0.3 is 14.8 Å². The number of amides is 1. The minimum absolute atomic E-state index is 0.152. The number of carbonyl (C=O) groups excluding carboxylic acids is 1. The number of methoxy groups -OCH3 is 2. The Hall–Kier alpha value is -2.58. The maximum Gasteiger partial charge on any atom is 0.262 e. The van der Waals surface area contributed by atoms with Gasteiger partial charge in [0.25, 0.3) is 5.56 Å². The van der Waals surface area contributed by atoms with Gasteiger partial charge >= 0.3 is 0 Å². The molecule has 7 nitrogen and oxygen atoms in total. The molecule has 3 aromatic rings. The molecule has 1 N–H and O–H groups in total. The number of nitrogens with one attached hydrogen (secondary N) is 1. The van der Waals surface area contributed by atoms with Gasteiger partial charge in [0.15, 0.2) is 0 Å². The predicted octanol–water partition coefficient (Wildman–Crippen LogP) is 3.26. The quantitative estimate of drug-likeness (QED) is 0.686. The van der Waals surface area contributed by atoms with Gasteiger partial charge in [-0.3, -0.25) is 14.2 Å². The van der Waals surface area contributed by atoms with Crippen molar-refractivity contribution in [1.82, 2.24) is 9.55 Å². The van der Waals surface area contributed by atoms with Crippen LogP contribution in [0.2, 0.25) is 5.02 Å². The molecule has 0 atom stereocenters. The highest BCUT2D eigenvalue weighted by atomic mass is 35.5. The topological polar surface area (TPSA) is 82.5 Å². The Labute approximate surface area is 169 Å². The summed E-state index contributed by atoms with van der Waals surface area (Å²) in [6, 6.07) is 3.14. The van der Waals surface area contributed by atoms with E-state index >= 15 is 0 Å². The second-order valence-electron chi connectivity index (χ2n) is 6.45. The Morgan fingerprint density at radius 3 is 2.82 bits per heavy atom. The molecule has 4 rings (SSSR count). The fourth-order valence-corrected chi connectivity index (χ4v) is 4.89. The highest BCUT2D eigenvalue weighted by Crippen LogP contribution is 2.36. The number of halogens is 1. The number of fused-ring (bicyclic) bond motifs is 3. The lowest BCUT2D eigenvalue weighted by Crippen LogP contribution is -2.28. The van der Waals surface area contributed by atoms with Gasteiger partial charge in [-0.2, -0.15) is 0 Å². The van der Waals surface area contributed by atoms with Crippen LogP contribution in [0.1, 0.15) is 16.9 Å². The summed E-state index contributed by atoms with van der Waals surface area (Å²) >= 11 is 7.66. The van der Waals surface area contributed by atoms with E-state index in [9.17, 15) is 9.59 Å². The van der Waals surface area contributed by atoms with Gasteiger partial charge in [0, 0.05) is 17.0 Å². The van der Waals surface area contributed by atoms with Crippen molar-refractivity contribution in [3.05, 3.63) is 44.3 Å². The van der Waals surface area contributed by atoms with Gasteiger partial charge in [-0.1, -0.05) is 11.6 Å². The van der Waals surface area contributed by atoms with Crippen LogP contribution < -0.4 is 20.3 Å². The molecule has 0 saturated heterocycles. The lowest BCUT2D eigenvalue weighted by atomic mass is 10.2. The van der Waals surface area contributed by atoms with Gasteiger partial charge in [0.1, 0.15) is 22.9 Å². The summed E-state index contributed by atoms with van der Waals surface area (Å²) in [6.45, 7) is -0.152. The molecule has 1 aliphatic carbocycles. The Morgan fingerprint density at radius 1 is 1.29 bits per heavy atom. The first-order valence-electron chi connectivity index (χ1n) is 8.73. The lowest BCUT2D eigenvalue weighted by molar-refractivity contribution is -0.116. The van der Waals surface area contributed by atoms with Gasteiger partial charge in [0.2, 0.25) is 5.91 Å². The van der Waals surface area contributed by atoms with Crippen molar-refractivity contribution in [2.75, 3.05) is 19.5 Å². The number of thiophene rings is 1. The van der Waals surface area contributed by atoms with Gasteiger partial charge in [-0.25, -0.2) is 4.98 Å². The van der Waals surface area contributed by atoms with Crippen molar-refractivity contribution >= 4 is 44.7 Å². The van der Waals surface area contributed by atoms with Crippen molar-refractivity contribution in [2.24, 2.45) is 0 Å². The molecule has 0 fully saturated rings. The van der Waals surface area contributed by atoms with Crippen LogP contribution in [0.15, 0.2) is 23.3 Å². The van der Waals surface area contributed by atoms with E-state index in [0.29, 0.717) is 27.6 Å². The van der Waals surface area contributed by atoms with E-state index in [1.54, 1.807) is 23.5 Å². The zero-order valence-corrected chi connectivity index (χ0v) is 16.9. The Bertz CT molecular complexity index is 1140. The number of benzene rings is 1. The van der Waals surface area contributed by atoms with Crippen LogP contribution in [-0.4, -0.2) is 29.7 Å². The van der Waals surface area contributed by atoms with Crippen LogP contribution in [0, 0.1) is 0 Å². The molecule has 0 radical (unpaired) electrons. The fourth-order valence-electron chi connectivity index (χ4n) is 3.43. The highest BCUT2D eigenvalue weighted by molar-refractivity contribution is 7.18. The number of hydrogen-bond donors (Lipinski definition) is 1. The van der Waals surface area contributed by atoms with Gasteiger partial charge in [0.05, 0.1) is 36.6 Å². The van der Waals surface area contributed by atoms with Gasteiger partial charge in [-0.15, -0.1) is 11.3 Å². The molecule has 0 saturated carbocycles. The molecule has 28 heavy (non-hydrogen) atoms. The van der Waals surface area contributed by atoms with Gasteiger partial charge in [-0.05, 0) is 24.8 Å². The molecular weight excluding hydrogens is 402 g/mol. The number of aryl methyl sites for hydroxylation is 2. The summed E-state index contributed by atoms with van der Waals surface area (Å²) in [6.07, 6.45) is 4.37. The summed E-state index contributed by atoms with van der Waals surface area (Å²) in [5.74, 6) is 0.431. The predicted molar refractivity (Wildman–Crippen MR) is 109 cm³/mol. The second-order valence-corrected chi connectivity index (χ2v) is 7.94. The third-order valence-electron chi connectivity index (χ3n) is 4.75. The highest BCUT2D eigenvalue weighted by Gasteiger charge is 2.22. The summed E-state index contributed by atoms with van der Waals surface area (Å²) in [5.41, 5.74) is 1.32. The van der Waals surface area contributed by atoms with E-state index in [0.717, 1.165) is 29.7 Å². The van der Waals surface area contributed by atoms with E-state index in [-0.39, 0.29) is 18.0 Å². The van der Waals surface area contributed by atoms with E-state index in [4.69, 9.17) is 21.1 Å². The van der Waals surface area contributed by atoms with Crippen molar-refractivity contribution in [3.63, 3.8) is 0 Å². The van der Waals surface area contributed by atoms with E-state index in [2.05, 4.69) is 10.3 Å². The normalized spacial score (nSPS) is 12.8. The molecule has 1 amide bonds. The smallest absolute Gasteiger partial charge is 0.262 e. The number of nitrogens with zero attached hydrogens (tertiary/aromatic N) is 2. The minimum Gasteiger partial charge on any atom is -0.495 e. The van der Waals surface area contributed by atoms with E-state index < -0.39 is 0 Å². The zero-order valence-electron chi connectivity index (χ0n) is 15.4. The number of anilines is 1. The third-order valence-corrected chi connectivity index (χ3v) is 6.25. The van der Waals surface area contributed by atoms with E-state index in [1.807, 2.05) is 0 Å². The minimum atomic E-state index is -0.377. The summed E-state index contributed by atoms with van der Waals surface area (Å²) in [7, 11) is 2.96. The number of ether oxygens (including phenoxy) is 2. The van der Waals surface area contributed by atoms with E-state index in [1.165, 1.54) is 30.0 Å². The fraction of sp³-hybridized carbons (Fsp3) is 0.316. The Kier molecular flexibility index (Phi) is 4.99. The van der Waals surface area contributed by atoms with Crippen molar-refractivity contribution in [3.8, 4) is 11.5 Å². The van der Waals surface area contributed by atoms with Crippen molar-refractivity contribution in [2.45, 2.75) is 25.8 Å². The third kappa shape index (κ3) is 3.22.